The summed E-state index contributed by atoms with van der Waals surface area (Å²) in [7, 11) is 0. The molecular weight excluding hydrogens is 713 g/mol. The molecule has 328 valence electrons. The van der Waals surface area contributed by atoms with Crippen LogP contribution in [0, 0.1) is 5.92 Å². The number of hydrogen-bond acceptors (Lipinski definition) is 7. The van der Waals surface area contributed by atoms with Gasteiger partial charge in [-0.25, -0.2) is 0 Å². The van der Waals surface area contributed by atoms with E-state index in [4.69, 9.17) is 9.47 Å². The van der Waals surface area contributed by atoms with Crippen LogP contribution in [-0.2, 0) is 19.1 Å². The summed E-state index contributed by atoms with van der Waals surface area (Å²) < 4.78 is 10.3. The molecule has 57 heavy (non-hydrogen) atoms. The van der Waals surface area contributed by atoms with Crippen LogP contribution >= 0.6 is 0 Å². The number of ether oxygens (including phenoxy) is 2. The average Bonchev–Trinajstić information content (AvgIpc) is 3.20. The molecule has 0 spiro atoms. The minimum Gasteiger partial charge on any atom is -0.463 e. The molecule has 0 saturated heterocycles. The highest BCUT2D eigenvalue weighted by molar-refractivity contribution is 5.70. The summed E-state index contributed by atoms with van der Waals surface area (Å²) >= 11 is 0. The first kappa shape index (κ1) is 54.3. The highest BCUT2D eigenvalue weighted by atomic mass is 16.6. The van der Waals surface area contributed by atoms with Crippen molar-refractivity contribution >= 4 is 11.9 Å². The topological polar surface area (TPSA) is 113 Å². The molecule has 0 bridgehead atoms. The second kappa shape index (κ2) is 42.9. The van der Waals surface area contributed by atoms with Crippen molar-refractivity contribution in [1.29, 1.82) is 0 Å². The lowest BCUT2D eigenvalue weighted by Crippen LogP contribution is -2.25. The highest BCUT2D eigenvalue weighted by Gasteiger charge is 2.12. The molecule has 0 radical (unpaired) electrons. The molecule has 0 aromatic rings. The molecule has 0 fully saturated rings. The summed E-state index contributed by atoms with van der Waals surface area (Å²) in [6, 6.07) is 0. The Labute approximate surface area is 349 Å². The predicted molar refractivity (Wildman–Crippen MR) is 240 cm³/mol. The normalized spacial score (nSPS) is 14.6. The van der Waals surface area contributed by atoms with Crippen LogP contribution in [0.25, 0.3) is 0 Å². The van der Waals surface area contributed by atoms with Gasteiger partial charge in [-0.1, -0.05) is 216 Å². The second-order valence-electron chi connectivity index (χ2n) is 15.8. The van der Waals surface area contributed by atoms with E-state index in [-0.39, 0.29) is 25.6 Å². The third-order valence-corrected chi connectivity index (χ3v) is 10.2. The van der Waals surface area contributed by atoms with E-state index in [9.17, 15) is 24.9 Å². The van der Waals surface area contributed by atoms with Gasteiger partial charge in [-0.05, 0) is 44.4 Å². The molecule has 0 rings (SSSR count). The first-order valence-corrected chi connectivity index (χ1v) is 23.1. The van der Waals surface area contributed by atoms with E-state index < -0.39 is 24.3 Å². The molecule has 0 amide bonds. The maximum absolute atomic E-state index is 12.0. The number of unbranched alkanes of at least 4 members (excludes halogenated alkanes) is 17. The van der Waals surface area contributed by atoms with Crippen molar-refractivity contribution in [3.05, 3.63) is 72.9 Å². The van der Waals surface area contributed by atoms with Crippen molar-refractivity contribution in [2.75, 3.05) is 13.2 Å². The van der Waals surface area contributed by atoms with Gasteiger partial charge in [0.05, 0.1) is 12.2 Å². The smallest absolute Gasteiger partial charge is 0.306 e. The third-order valence-electron chi connectivity index (χ3n) is 10.2. The zero-order valence-corrected chi connectivity index (χ0v) is 36.7. The second-order valence-corrected chi connectivity index (χ2v) is 15.8. The quantitative estimate of drug-likeness (QED) is 0.0245. The van der Waals surface area contributed by atoms with Crippen LogP contribution in [0.3, 0.4) is 0 Å². The Morgan fingerprint density at radius 3 is 1.40 bits per heavy atom. The Bertz CT molecular complexity index is 1090. The predicted octanol–water partition coefficient (Wildman–Crippen LogP) is 12.7. The van der Waals surface area contributed by atoms with E-state index in [1.807, 2.05) is 48.6 Å². The van der Waals surface area contributed by atoms with Gasteiger partial charge >= 0.3 is 11.9 Å². The fourth-order valence-corrected chi connectivity index (χ4v) is 6.26. The molecule has 0 aliphatic carbocycles. The number of hydrogen-bond donors (Lipinski definition) is 3. The van der Waals surface area contributed by atoms with Crippen molar-refractivity contribution in [3.8, 4) is 0 Å². The van der Waals surface area contributed by atoms with E-state index in [1.165, 1.54) is 109 Å². The third kappa shape index (κ3) is 42.7. The lowest BCUT2D eigenvalue weighted by Gasteiger charge is -2.12. The molecule has 0 aliphatic rings. The Morgan fingerprint density at radius 2 is 0.930 bits per heavy atom. The Hall–Kier alpha value is -2.74. The summed E-state index contributed by atoms with van der Waals surface area (Å²) in [5, 5.41) is 29.9. The van der Waals surface area contributed by atoms with Crippen LogP contribution < -0.4 is 0 Å². The molecule has 0 aliphatic heterocycles. The van der Waals surface area contributed by atoms with Gasteiger partial charge in [0.2, 0.25) is 0 Å². The summed E-state index contributed by atoms with van der Waals surface area (Å²) in [5.41, 5.74) is 0. The van der Waals surface area contributed by atoms with Gasteiger partial charge in [0.15, 0.2) is 0 Å². The minimum absolute atomic E-state index is 0.169. The molecule has 7 nitrogen and oxygen atoms in total. The van der Waals surface area contributed by atoms with E-state index in [2.05, 4.69) is 20.8 Å². The first-order valence-electron chi connectivity index (χ1n) is 23.1. The number of aliphatic hydroxyl groups is 3. The van der Waals surface area contributed by atoms with Gasteiger partial charge in [-0.3, -0.25) is 9.59 Å². The van der Waals surface area contributed by atoms with Crippen molar-refractivity contribution in [2.45, 2.75) is 212 Å². The van der Waals surface area contributed by atoms with Gasteiger partial charge in [-0.2, -0.15) is 0 Å². The fourth-order valence-electron chi connectivity index (χ4n) is 6.26. The standard InChI is InChI=1S/C50H86O7/c1-4-6-29-37-46(51)39-32-27-28-33-40-47(52)38-31-24-21-22-26-35-42-50(55)57-44-48(53)43-56-49(54)41-34-25-20-18-16-14-12-10-8-7-9-11-13-15-17-19-23-30-36-45(3)5-2/h6,22,24,26-29,31-33,39-40,45-48,51-53H,4-5,7-21,23,25,30,34-38,41-44H2,1-3H3/b26-22-,28-27-,29-6-,31-24-,39-32+,40-33+/t45?,46-,47+,48-/m1/s1. The summed E-state index contributed by atoms with van der Waals surface area (Å²) in [5.74, 6) is 0.181. The zero-order valence-electron chi connectivity index (χ0n) is 36.7. The molecular formula is C50H86O7. The number of aliphatic hydroxyl groups excluding tert-OH is 3. The number of rotatable bonds is 40. The molecule has 0 heterocycles. The fraction of sp³-hybridized carbons (Fsp3) is 0.720. The van der Waals surface area contributed by atoms with Crippen LogP contribution in [0.2, 0.25) is 0 Å². The van der Waals surface area contributed by atoms with Crippen molar-refractivity contribution in [3.63, 3.8) is 0 Å². The maximum atomic E-state index is 12.0. The van der Waals surface area contributed by atoms with Gasteiger partial charge in [0.25, 0.3) is 0 Å². The van der Waals surface area contributed by atoms with Gasteiger partial charge < -0.3 is 24.8 Å². The molecule has 0 saturated carbocycles. The Kier molecular flexibility index (Phi) is 40.8. The molecule has 1 unspecified atom stereocenters. The first-order chi connectivity index (χ1) is 27.8. The summed E-state index contributed by atoms with van der Waals surface area (Å²) in [6.07, 6.45) is 50.4. The van der Waals surface area contributed by atoms with Gasteiger partial charge in [0.1, 0.15) is 19.3 Å². The zero-order chi connectivity index (χ0) is 41.9. The molecule has 3 N–H and O–H groups in total. The molecule has 0 aromatic heterocycles. The number of esters is 2. The number of carbonyl (C=O) groups is 2. The monoisotopic (exact) mass is 799 g/mol. The molecule has 0 aromatic carbocycles. The van der Waals surface area contributed by atoms with Crippen molar-refractivity contribution in [2.24, 2.45) is 5.92 Å². The van der Waals surface area contributed by atoms with Crippen molar-refractivity contribution in [1.82, 2.24) is 0 Å². The largest absolute Gasteiger partial charge is 0.463 e. The number of allylic oxidation sites excluding steroid dienone is 8. The van der Waals surface area contributed by atoms with Gasteiger partial charge in [0, 0.05) is 12.8 Å². The van der Waals surface area contributed by atoms with Gasteiger partial charge in [-0.15, -0.1) is 0 Å². The van der Waals surface area contributed by atoms with Crippen LogP contribution in [0.5, 0.6) is 0 Å². The molecule has 4 atom stereocenters. The maximum Gasteiger partial charge on any atom is 0.306 e. The van der Waals surface area contributed by atoms with Crippen LogP contribution in [0.1, 0.15) is 194 Å². The van der Waals surface area contributed by atoms with Crippen molar-refractivity contribution < 1.29 is 34.4 Å². The Balaban J connectivity index is 3.61. The Morgan fingerprint density at radius 1 is 0.509 bits per heavy atom. The lowest BCUT2D eigenvalue weighted by atomic mass is 9.99. The van der Waals surface area contributed by atoms with E-state index >= 15 is 0 Å². The van der Waals surface area contributed by atoms with Crippen LogP contribution in [0.15, 0.2) is 72.9 Å². The number of carbonyl (C=O) groups excluding carboxylic acids is 2. The molecule has 7 heteroatoms. The van der Waals surface area contributed by atoms with E-state index in [0.717, 1.165) is 31.6 Å². The van der Waals surface area contributed by atoms with Crippen LogP contribution in [-0.4, -0.2) is 58.8 Å². The lowest BCUT2D eigenvalue weighted by molar-refractivity contribution is -0.152. The van der Waals surface area contributed by atoms with Crippen LogP contribution in [0.4, 0.5) is 0 Å². The van der Waals surface area contributed by atoms with E-state index in [0.29, 0.717) is 32.1 Å². The minimum atomic E-state index is -1.03. The summed E-state index contributed by atoms with van der Waals surface area (Å²) in [6.45, 7) is 6.37. The SMILES string of the molecule is CC/C=C\C[C@@H](O)/C=C/C=C\C=C\[C@@H](O)C/C=C\C/C=C\CCC(=O)OC[C@H](O)COC(=O)CCCCCCCCCCCCCCCCCCCCC(C)CC. The highest BCUT2D eigenvalue weighted by Crippen LogP contribution is 2.17. The summed E-state index contributed by atoms with van der Waals surface area (Å²) in [4.78, 5) is 24.0. The average molecular weight is 799 g/mol. The van der Waals surface area contributed by atoms with E-state index in [1.54, 1.807) is 24.3 Å².